The Labute approximate surface area is 445 Å². The quantitative estimate of drug-likeness (QED) is 0.0261. The van der Waals surface area contributed by atoms with Crippen molar-refractivity contribution in [1.29, 1.82) is 0 Å². The van der Waals surface area contributed by atoms with Gasteiger partial charge < -0.3 is 40.3 Å². The van der Waals surface area contributed by atoms with E-state index in [1.807, 2.05) is 6.08 Å². The van der Waals surface area contributed by atoms with Crippen LogP contribution < -0.4 is 5.32 Å². The molecule has 0 aromatic heterocycles. The Bertz CT molecular complexity index is 1180. The van der Waals surface area contributed by atoms with Crippen molar-refractivity contribution >= 4 is 5.91 Å². The minimum atomic E-state index is -1.57. The predicted octanol–water partition coefficient (Wildman–Crippen LogP) is 16.1. The lowest BCUT2D eigenvalue weighted by atomic mass is 9.99. The molecule has 1 heterocycles. The molecule has 0 spiro atoms. The minimum absolute atomic E-state index is 0.171. The summed E-state index contributed by atoms with van der Waals surface area (Å²) >= 11 is 0. The number of allylic oxidation sites excluding steroid dienone is 3. The van der Waals surface area contributed by atoms with Gasteiger partial charge in [-0.1, -0.05) is 289 Å². The van der Waals surface area contributed by atoms with Gasteiger partial charge in [-0.2, -0.15) is 0 Å². The predicted molar refractivity (Wildman–Crippen MR) is 304 cm³/mol. The third-order valence-electron chi connectivity index (χ3n) is 15.3. The molecule has 7 atom stereocenters. The third kappa shape index (κ3) is 41.9. The van der Waals surface area contributed by atoms with Gasteiger partial charge in [0.1, 0.15) is 24.4 Å². The Morgan fingerprint density at radius 1 is 0.458 bits per heavy atom. The second kappa shape index (κ2) is 53.1. The number of hydrogen-bond donors (Lipinski definition) is 6. The smallest absolute Gasteiger partial charge is 0.220 e. The molecule has 0 bridgehead atoms. The molecule has 9 heteroatoms. The highest BCUT2D eigenvalue weighted by Gasteiger charge is 2.44. The molecule has 0 aliphatic carbocycles. The molecule has 0 radical (unpaired) electrons. The van der Waals surface area contributed by atoms with Crippen LogP contribution >= 0.6 is 0 Å². The van der Waals surface area contributed by atoms with Crippen LogP contribution in [-0.4, -0.2) is 87.5 Å². The molecule has 0 saturated carbocycles. The zero-order valence-electron chi connectivity index (χ0n) is 47.5. The van der Waals surface area contributed by atoms with Crippen molar-refractivity contribution in [3.63, 3.8) is 0 Å². The average Bonchev–Trinajstić information content (AvgIpc) is 3.38. The zero-order chi connectivity index (χ0) is 52.2. The zero-order valence-corrected chi connectivity index (χ0v) is 47.5. The monoisotopic (exact) mass is 1020 g/mol. The Hall–Kier alpha value is -1.33. The maximum absolute atomic E-state index is 13.1. The molecule has 7 unspecified atom stereocenters. The van der Waals surface area contributed by atoms with Gasteiger partial charge in [-0.15, -0.1) is 0 Å². The summed E-state index contributed by atoms with van der Waals surface area (Å²) in [6.45, 7) is 3.82. The van der Waals surface area contributed by atoms with Crippen LogP contribution in [-0.2, 0) is 14.3 Å². The van der Waals surface area contributed by atoms with Gasteiger partial charge in [-0.25, -0.2) is 0 Å². The van der Waals surface area contributed by atoms with Crippen LogP contribution in [0.25, 0.3) is 0 Å². The molecule has 1 fully saturated rings. The number of hydrogen-bond acceptors (Lipinski definition) is 8. The molecule has 1 aliphatic heterocycles. The van der Waals surface area contributed by atoms with Gasteiger partial charge in [0.05, 0.1) is 25.4 Å². The van der Waals surface area contributed by atoms with Crippen LogP contribution in [0.5, 0.6) is 0 Å². The van der Waals surface area contributed by atoms with E-state index in [0.29, 0.717) is 6.42 Å². The maximum atomic E-state index is 13.1. The Balaban J connectivity index is 2.18. The Kier molecular flexibility index (Phi) is 50.6. The second-order valence-corrected chi connectivity index (χ2v) is 22.2. The lowest BCUT2D eigenvalue weighted by Gasteiger charge is -2.40. The van der Waals surface area contributed by atoms with E-state index in [0.717, 1.165) is 38.5 Å². The summed E-state index contributed by atoms with van der Waals surface area (Å²) in [4.78, 5) is 13.1. The maximum Gasteiger partial charge on any atom is 0.220 e. The number of amides is 1. The molecular weight excluding hydrogens is 899 g/mol. The van der Waals surface area contributed by atoms with Crippen molar-refractivity contribution in [1.82, 2.24) is 5.32 Å². The van der Waals surface area contributed by atoms with Gasteiger partial charge in [0, 0.05) is 6.42 Å². The lowest BCUT2D eigenvalue weighted by Crippen LogP contribution is -2.60. The molecule has 426 valence electrons. The molecule has 0 aromatic carbocycles. The summed E-state index contributed by atoms with van der Waals surface area (Å²) in [5.74, 6) is -0.171. The fraction of sp³-hybridized carbons (Fsp3) is 0.921. The van der Waals surface area contributed by atoms with Crippen molar-refractivity contribution < 1.29 is 39.8 Å². The summed E-state index contributed by atoms with van der Waals surface area (Å²) in [6.07, 6.45) is 61.1. The third-order valence-corrected chi connectivity index (χ3v) is 15.3. The van der Waals surface area contributed by atoms with Crippen LogP contribution in [0, 0.1) is 0 Å². The van der Waals surface area contributed by atoms with E-state index < -0.39 is 49.5 Å². The first-order valence-electron chi connectivity index (χ1n) is 31.6. The highest BCUT2D eigenvalue weighted by molar-refractivity contribution is 5.76. The van der Waals surface area contributed by atoms with Crippen molar-refractivity contribution in [3.8, 4) is 0 Å². The Morgan fingerprint density at radius 3 is 1.12 bits per heavy atom. The molecule has 1 saturated heterocycles. The van der Waals surface area contributed by atoms with Crippen LogP contribution in [0.2, 0.25) is 0 Å². The topological polar surface area (TPSA) is 149 Å². The Morgan fingerprint density at radius 2 is 0.778 bits per heavy atom. The van der Waals surface area contributed by atoms with Gasteiger partial charge in [0.15, 0.2) is 6.29 Å². The largest absolute Gasteiger partial charge is 0.394 e. The lowest BCUT2D eigenvalue weighted by molar-refractivity contribution is -0.302. The van der Waals surface area contributed by atoms with Crippen LogP contribution in [0.3, 0.4) is 0 Å². The van der Waals surface area contributed by atoms with Crippen molar-refractivity contribution in [2.24, 2.45) is 0 Å². The SMILES string of the molecule is CCCCCCCCCC/C=C\CCCCCCCCCCCCCCCC(=O)NC(COC1OC(CO)C(O)C(O)C1O)C(O)/C=C/CCCCCCCCCCCCCCCCCCCCCCCC. The van der Waals surface area contributed by atoms with Crippen LogP contribution in [0.15, 0.2) is 24.3 Å². The van der Waals surface area contributed by atoms with E-state index in [1.54, 1.807) is 6.08 Å². The highest BCUT2D eigenvalue weighted by Crippen LogP contribution is 2.23. The van der Waals surface area contributed by atoms with E-state index in [4.69, 9.17) is 9.47 Å². The fourth-order valence-electron chi connectivity index (χ4n) is 10.3. The number of carbonyl (C=O) groups excluding carboxylic acids is 1. The first-order chi connectivity index (χ1) is 35.3. The van der Waals surface area contributed by atoms with Gasteiger partial charge in [0.2, 0.25) is 5.91 Å². The number of ether oxygens (including phenoxy) is 2. The molecule has 1 amide bonds. The number of aliphatic hydroxyl groups excluding tert-OH is 5. The molecule has 1 aliphatic rings. The van der Waals surface area contributed by atoms with E-state index in [1.165, 1.54) is 257 Å². The highest BCUT2D eigenvalue weighted by atomic mass is 16.7. The summed E-state index contributed by atoms with van der Waals surface area (Å²) in [5.41, 5.74) is 0. The van der Waals surface area contributed by atoms with Gasteiger partial charge >= 0.3 is 0 Å². The number of nitrogens with one attached hydrogen (secondary N) is 1. The summed E-state index contributed by atoms with van der Waals surface area (Å²) in [5, 5.41) is 54.6. The molecule has 6 N–H and O–H groups in total. The minimum Gasteiger partial charge on any atom is -0.394 e. The van der Waals surface area contributed by atoms with Crippen LogP contribution in [0.1, 0.15) is 316 Å². The normalized spacial score (nSPS) is 19.2. The molecule has 1 rings (SSSR count). The van der Waals surface area contributed by atoms with E-state index >= 15 is 0 Å². The first-order valence-corrected chi connectivity index (χ1v) is 31.6. The van der Waals surface area contributed by atoms with Crippen molar-refractivity contribution in [2.45, 2.75) is 358 Å². The second-order valence-electron chi connectivity index (χ2n) is 22.2. The standard InChI is InChI=1S/C63H121NO8/c1-3-5-7-9-11-13-15-17-19-21-23-25-27-29-31-33-35-37-39-41-43-45-47-49-51-53-59(67)64-56(55-71-63-62(70)61(69)60(68)58(54-65)72-63)57(66)52-50-48-46-44-42-40-38-36-34-32-30-28-26-24-22-20-18-16-14-12-10-8-6-4-2/h21,23,50,52,56-58,60-63,65-66,68-70H,3-20,22,24-49,51,53-55H2,1-2H3,(H,64,67)/b23-21-,52-50+. The van der Waals surface area contributed by atoms with E-state index in [2.05, 4.69) is 31.3 Å². The summed E-state index contributed by atoms with van der Waals surface area (Å²) in [6, 6.07) is -0.804. The summed E-state index contributed by atoms with van der Waals surface area (Å²) in [7, 11) is 0. The van der Waals surface area contributed by atoms with Crippen molar-refractivity contribution in [3.05, 3.63) is 24.3 Å². The molecular formula is C63H121NO8. The number of unbranched alkanes of at least 4 members (excludes halogenated alkanes) is 43. The van der Waals surface area contributed by atoms with Crippen LogP contribution in [0.4, 0.5) is 0 Å². The van der Waals surface area contributed by atoms with E-state index in [9.17, 15) is 30.3 Å². The van der Waals surface area contributed by atoms with Crippen molar-refractivity contribution in [2.75, 3.05) is 13.2 Å². The van der Waals surface area contributed by atoms with E-state index in [-0.39, 0.29) is 12.5 Å². The van der Waals surface area contributed by atoms with Gasteiger partial charge in [-0.05, 0) is 44.9 Å². The first kappa shape index (κ1) is 68.7. The average molecular weight is 1020 g/mol. The number of aliphatic hydroxyl groups is 5. The fourth-order valence-corrected chi connectivity index (χ4v) is 10.3. The molecule has 0 aromatic rings. The number of rotatable bonds is 55. The number of carbonyl (C=O) groups is 1. The summed E-state index contributed by atoms with van der Waals surface area (Å²) < 4.78 is 11.3. The molecule has 9 nitrogen and oxygen atoms in total. The van der Waals surface area contributed by atoms with Gasteiger partial charge in [-0.3, -0.25) is 4.79 Å². The molecule has 72 heavy (non-hydrogen) atoms. The van der Waals surface area contributed by atoms with Gasteiger partial charge in [0.25, 0.3) is 0 Å².